The summed E-state index contributed by atoms with van der Waals surface area (Å²) in [6.45, 7) is 6.22. The van der Waals surface area contributed by atoms with Gasteiger partial charge in [-0.2, -0.15) is 0 Å². The van der Waals surface area contributed by atoms with Crippen molar-refractivity contribution >= 4 is 40.0 Å². The molecule has 0 radical (unpaired) electrons. The Hall–Kier alpha value is -2.20. The first-order chi connectivity index (χ1) is 13.9. The first kappa shape index (κ1) is 21.5. The highest BCUT2D eigenvalue weighted by atomic mass is 32.2. The number of nitrogens with zero attached hydrogens (tertiary/aromatic N) is 5. The molecule has 1 aliphatic carbocycles. The molecular formula is C19H26N6O2S2. The predicted octanol–water partition coefficient (Wildman–Crippen LogP) is 3.32. The summed E-state index contributed by atoms with van der Waals surface area (Å²) in [5.41, 5.74) is 0.614. The lowest BCUT2D eigenvalue weighted by Crippen LogP contribution is -2.21. The second-order valence-corrected chi connectivity index (χ2v) is 9.13. The van der Waals surface area contributed by atoms with Crippen LogP contribution in [0.25, 0.3) is 0 Å². The Labute approximate surface area is 178 Å². The molecule has 0 aliphatic heterocycles. The molecule has 1 saturated carbocycles. The highest BCUT2D eigenvalue weighted by Crippen LogP contribution is 2.34. The van der Waals surface area contributed by atoms with Gasteiger partial charge in [-0.05, 0) is 19.8 Å². The molecule has 10 heteroatoms. The third-order valence-electron chi connectivity index (χ3n) is 4.75. The molecule has 0 spiro atoms. The lowest BCUT2D eigenvalue weighted by Gasteiger charge is -2.11. The Kier molecular flexibility index (Phi) is 7.07. The van der Waals surface area contributed by atoms with Gasteiger partial charge < -0.3 is 14.8 Å². The van der Waals surface area contributed by atoms with Crippen LogP contribution in [-0.2, 0) is 11.3 Å². The molecular weight excluding hydrogens is 408 g/mol. The summed E-state index contributed by atoms with van der Waals surface area (Å²) in [5.74, 6) is 1.31. The van der Waals surface area contributed by atoms with Gasteiger partial charge in [0.2, 0.25) is 5.91 Å². The Balaban J connectivity index is 1.63. The van der Waals surface area contributed by atoms with Crippen LogP contribution >= 0.6 is 23.1 Å². The van der Waals surface area contributed by atoms with Crippen LogP contribution in [0, 0.1) is 6.92 Å². The molecule has 0 atom stereocenters. The number of carbonyl (C=O) groups excluding carboxylic acids is 2. The van der Waals surface area contributed by atoms with Crippen LogP contribution in [0.15, 0.2) is 17.8 Å². The number of allylic oxidation sites excluding steroid dienone is 1. The molecule has 0 aromatic carbocycles. The normalized spacial score (nSPS) is 14.2. The van der Waals surface area contributed by atoms with Gasteiger partial charge in [0.05, 0.1) is 11.4 Å². The molecule has 0 unspecified atom stereocenters. The number of hydrogen-bond donors (Lipinski definition) is 1. The minimum atomic E-state index is -0.192. The van der Waals surface area contributed by atoms with Gasteiger partial charge >= 0.3 is 0 Å². The van der Waals surface area contributed by atoms with Gasteiger partial charge in [-0.15, -0.1) is 16.8 Å². The standard InChI is InChI=1S/C19H26N6O2S2/c1-5-10-25-16(13-8-6-7-9-13)22-23-19(25)28-11-14(26)21-18-20-12(2)15(29-18)17(27)24(3)4/h5,13H,1,6-11H2,2-4H3,(H,20,21,26). The SMILES string of the molecule is C=CCn1c(SCC(=O)Nc2nc(C)c(C(=O)N(C)C)s2)nnc1C1CCCC1. The van der Waals surface area contributed by atoms with Crippen LogP contribution in [0.3, 0.4) is 0 Å². The fraction of sp³-hybridized carbons (Fsp3) is 0.526. The molecule has 29 heavy (non-hydrogen) atoms. The number of rotatable bonds is 8. The van der Waals surface area contributed by atoms with E-state index < -0.39 is 0 Å². The molecule has 8 nitrogen and oxygen atoms in total. The maximum Gasteiger partial charge on any atom is 0.265 e. The van der Waals surface area contributed by atoms with Crippen LogP contribution in [-0.4, -0.2) is 56.3 Å². The Morgan fingerprint density at radius 3 is 2.72 bits per heavy atom. The zero-order chi connectivity index (χ0) is 21.0. The molecule has 2 aromatic heterocycles. The summed E-state index contributed by atoms with van der Waals surface area (Å²) < 4.78 is 2.06. The zero-order valence-corrected chi connectivity index (χ0v) is 18.6. The van der Waals surface area contributed by atoms with Crippen LogP contribution in [0.4, 0.5) is 5.13 Å². The van der Waals surface area contributed by atoms with Crippen molar-refractivity contribution in [1.29, 1.82) is 0 Å². The summed E-state index contributed by atoms with van der Waals surface area (Å²) in [6.07, 6.45) is 6.55. The number of aromatic nitrogens is 4. The second-order valence-electron chi connectivity index (χ2n) is 7.19. The Morgan fingerprint density at radius 2 is 2.07 bits per heavy atom. The van der Waals surface area contributed by atoms with Crippen molar-refractivity contribution in [1.82, 2.24) is 24.6 Å². The van der Waals surface area contributed by atoms with E-state index in [1.807, 2.05) is 6.08 Å². The largest absolute Gasteiger partial charge is 0.344 e. The van der Waals surface area contributed by atoms with Crippen molar-refractivity contribution < 1.29 is 9.59 Å². The van der Waals surface area contributed by atoms with Crippen molar-refractivity contribution in [2.24, 2.45) is 0 Å². The lowest BCUT2D eigenvalue weighted by atomic mass is 10.1. The highest BCUT2D eigenvalue weighted by molar-refractivity contribution is 7.99. The van der Waals surface area contributed by atoms with E-state index >= 15 is 0 Å². The fourth-order valence-electron chi connectivity index (χ4n) is 3.33. The van der Waals surface area contributed by atoms with E-state index in [9.17, 15) is 9.59 Å². The molecule has 0 bridgehead atoms. The molecule has 2 aromatic rings. The topological polar surface area (TPSA) is 93.0 Å². The number of thiazole rings is 1. The van der Waals surface area contributed by atoms with Crippen molar-refractivity contribution in [2.45, 2.75) is 50.2 Å². The molecule has 2 heterocycles. The number of amides is 2. The summed E-state index contributed by atoms with van der Waals surface area (Å²) in [7, 11) is 3.38. The van der Waals surface area contributed by atoms with E-state index in [1.54, 1.807) is 21.0 Å². The monoisotopic (exact) mass is 434 g/mol. The number of anilines is 1. The third-order valence-corrected chi connectivity index (χ3v) is 6.78. The molecule has 3 rings (SSSR count). The fourth-order valence-corrected chi connectivity index (χ4v) is 5.09. The maximum atomic E-state index is 12.4. The number of aryl methyl sites for hydroxylation is 1. The lowest BCUT2D eigenvalue weighted by molar-refractivity contribution is -0.113. The van der Waals surface area contributed by atoms with Gasteiger partial charge in [0, 0.05) is 26.6 Å². The molecule has 1 N–H and O–H groups in total. The van der Waals surface area contributed by atoms with Crippen LogP contribution in [0.5, 0.6) is 0 Å². The van der Waals surface area contributed by atoms with Gasteiger partial charge in [0.1, 0.15) is 10.7 Å². The number of thioether (sulfide) groups is 1. The van der Waals surface area contributed by atoms with E-state index in [0.29, 0.717) is 28.2 Å². The number of hydrogen-bond acceptors (Lipinski definition) is 7. The van der Waals surface area contributed by atoms with Crippen molar-refractivity contribution in [3.8, 4) is 0 Å². The first-order valence-electron chi connectivity index (χ1n) is 9.56. The maximum absolute atomic E-state index is 12.4. The van der Waals surface area contributed by atoms with E-state index in [0.717, 1.165) is 23.8 Å². The molecule has 1 aliphatic rings. The summed E-state index contributed by atoms with van der Waals surface area (Å²) in [4.78, 5) is 30.9. The summed E-state index contributed by atoms with van der Waals surface area (Å²) >= 11 is 2.54. The average Bonchev–Trinajstić information content (AvgIpc) is 3.40. The minimum Gasteiger partial charge on any atom is -0.344 e. The smallest absolute Gasteiger partial charge is 0.265 e. The van der Waals surface area contributed by atoms with Gasteiger partial charge in [0.25, 0.3) is 5.91 Å². The predicted molar refractivity (Wildman–Crippen MR) is 116 cm³/mol. The molecule has 1 fully saturated rings. The quantitative estimate of drug-likeness (QED) is 0.506. The highest BCUT2D eigenvalue weighted by Gasteiger charge is 2.24. The van der Waals surface area contributed by atoms with Gasteiger partial charge in [0.15, 0.2) is 10.3 Å². The molecule has 2 amide bonds. The van der Waals surface area contributed by atoms with Gasteiger partial charge in [-0.3, -0.25) is 9.59 Å². The summed E-state index contributed by atoms with van der Waals surface area (Å²) in [6, 6.07) is 0. The molecule has 0 saturated heterocycles. The van der Waals surface area contributed by atoms with E-state index in [-0.39, 0.29) is 17.6 Å². The van der Waals surface area contributed by atoms with E-state index in [2.05, 4.69) is 31.6 Å². The first-order valence-corrected chi connectivity index (χ1v) is 11.4. The Bertz CT molecular complexity index is 899. The minimum absolute atomic E-state index is 0.119. The van der Waals surface area contributed by atoms with Gasteiger partial charge in [-0.25, -0.2) is 4.98 Å². The van der Waals surface area contributed by atoms with E-state index in [4.69, 9.17) is 0 Å². The van der Waals surface area contributed by atoms with E-state index in [1.165, 1.54) is 40.8 Å². The number of carbonyl (C=O) groups is 2. The van der Waals surface area contributed by atoms with Crippen molar-refractivity contribution in [2.75, 3.05) is 25.2 Å². The summed E-state index contributed by atoms with van der Waals surface area (Å²) in [5, 5.41) is 12.6. The van der Waals surface area contributed by atoms with Crippen LogP contribution < -0.4 is 5.32 Å². The number of nitrogens with one attached hydrogen (secondary N) is 1. The van der Waals surface area contributed by atoms with Crippen molar-refractivity contribution in [3.63, 3.8) is 0 Å². The second kappa shape index (κ2) is 9.53. The average molecular weight is 435 g/mol. The molecule has 156 valence electrons. The third kappa shape index (κ3) is 5.05. The van der Waals surface area contributed by atoms with Crippen LogP contribution in [0.2, 0.25) is 0 Å². The van der Waals surface area contributed by atoms with Crippen molar-refractivity contribution in [3.05, 3.63) is 29.1 Å². The Morgan fingerprint density at radius 1 is 1.34 bits per heavy atom. The van der Waals surface area contributed by atoms with Gasteiger partial charge in [-0.1, -0.05) is 42.0 Å². The van der Waals surface area contributed by atoms with Crippen LogP contribution in [0.1, 0.15) is 52.8 Å². The zero-order valence-electron chi connectivity index (χ0n) is 17.0.